The summed E-state index contributed by atoms with van der Waals surface area (Å²) in [6.45, 7) is 2.07. The quantitative estimate of drug-likeness (QED) is 0.478. The topological polar surface area (TPSA) is 31.7 Å². The summed E-state index contributed by atoms with van der Waals surface area (Å²) >= 11 is 6.36. The number of aromatic amines is 1. The molecular weight excluding hydrogens is 322 g/mol. The molecular formula is C18H16N3S2+. The summed E-state index contributed by atoms with van der Waals surface area (Å²) in [5.41, 5.74) is 5.48. The molecule has 0 saturated carbocycles. The summed E-state index contributed by atoms with van der Waals surface area (Å²) in [5, 5.41) is 6.52. The molecule has 0 atom stereocenters. The summed E-state index contributed by atoms with van der Waals surface area (Å²) in [4.78, 5) is 4.57. The minimum Gasteiger partial charge on any atom is -0.351 e. The lowest BCUT2D eigenvalue weighted by Gasteiger charge is -2.18. The van der Waals surface area contributed by atoms with Gasteiger partial charge in [0, 0.05) is 17.2 Å². The highest BCUT2D eigenvalue weighted by Crippen LogP contribution is 2.37. The first-order chi connectivity index (χ1) is 11.2. The van der Waals surface area contributed by atoms with Crippen LogP contribution in [-0.4, -0.2) is 4.98 Å². The summed E-state index contributed by atoms with van der Waals surface area (Å²) in [6.07, 6.45) is 0. The lowest BCUT2D eigenvalue weighted by Crippen LogP contribution is -2.36. The Kier molecular flexibility index (Phi) is 3.67. The van der Waals surface area contributed by atoms with Gasteiger partial charge in [-0.05, 0) is 24.3 Å². The van der Waals surface area contributed by atoms with Gasteiger partial charge >= 0.3 is 5.16 Å². The maximum atomic E-state index is 4.62. The molecule has 0 aliphatic carbocycles. The third-order valence-electron chi connectivity index (χ3n) is 3.82. The van der Waals surface area contributed by atoms with E-state index in [0.717, 1.165) is 33.6 Å². The van der Waals surface area contributed by atoms with Crippen LogP contribution >= 0.6 is 24.4 Å². The number of hydrogen-bond acceptors (Lipinski definition) is 3. The van der Waals surface area contributed by atoms with Crippen molar-refractivity contribution < 1.29 is 4.57 Å². The maximum absolute atomic E-state index is 4.62. The van der Waals surface area contributed by atoms with Gasteiger partial charge in [0.05, 0.1) is 11.4 Å². The molecule has 1 aromatic heterocycles. The molecule has 0 fully saturated rings. The number of H-pyrrole nitrogens is 1. The summed E-state index contributed by atoms with van der Waals surface area (Å²) in [5.74, 6) is 0. The third kappa shape index (κ3) is 2.56. The molecule has 23 heavy (non-hydrogen) atoms. The Bertz CT molecular complexity index is 898. The normalized spacial score (nSPS) is 13.2. The number of thiol groups is 1. The molecule has 2 heterocycles. The van der Waals surface area contributed by atoms with Gasteiger partial charge in [-0.15, -0.1) is 0 Å². The molecule has 2 N–H and O–H groups in total. The van der Waals surface area contributed by atoms with Gasteiger partial charge in [0.25, 0.3) is 0 Å². The van der Waals surface area contributed by atoms with E-state index in [2.05, 4.69) is 76.2 Å². The highest BCUT2D eigenvalue weighted by atomic mass is 32.2. The fourth-order valence-electron chi connectivity index (χ4n) is 2.79. The van der Waals surface area contributed by atoms with Crippen LogP contribution in [0.15, 0.2) is 70.1 Å². The van der Waals surface area contributed by atoms with Crippen LogP contribution in [0.25, 0.3) is 11.4 Å². The number of imidazole rings is 1. The highest BCUT2D eigenvalue weighted by Gasteiger charge is 2.26. The average molecular weight is 338 g/mol. The molecule has 0 bridgehead atoms. The van der Waals surface area contributed by atoms with E-state index < -0.39 is 0 Å². The van der Waals surface area contributed by atoms with Gasteiger partial charge in [0.2, 0.25) is 0 Å². The maximum Gasteiger partial charge on any atom is 0.318 e. The molecule has 0 amide bonds. The van der Waals surface area contributed by atoms with Crippen LogP contribution in [0.1, 0.15) is 11.4 Å². The van der Waals surface area contributed by atoms with Crippen molar-refractivity contribution >= 4 is 35.8 Å². The van der Waals surface area contributed by atoms with E-state index >= 15 is 0 Å². The van der Waals surface area contributed by atoms with Crippen molar-refractivity contribution in [1.29, 1.82) is 0 Å². The SMILES string of the molecule is Cc1[nH]c(S)[n+](-c2ccccc2)c1C1=CSc2ccccc2N1. The van der Waals surface area contributed by atoms with Gasteiger partial charge in [0.15, 0.2) is 5.69 Å². The number of benzene rings is 2. The van der Waals surface area contributed by atoms with Crippen molar-refractivity contribution in [3.05, 3.63) is 71.4 Å². The van der Waals surface area contributed by atoms with Gasteiger partial charge in [-0.3, -0.25) is 0 Å². The monoisotopic (exact) mass is 338 g/mol. The second-order valence-electron chi connectivity index (χ2n) is 5.36. The van der Waals surface area contributed by atoms with E-state index in [9.17, 15) is 0 Å². The van der Waals surface area contributed by atoms with Crippen LogP contribution in [0.5, 0.6) is 0 Å². The molecule has 0 unspecified atom stereocenters. The molecule has 4 rings (SSSR count). The first-order valence-electron chi connectivity index (χ1n) is 7.36. The second-order valence-corrected chi connectivity index (χ2v) is 6.70. The first kappa shape index (κ1) is 14.5. The zero-order valence-electron chi connectivity index (χ0n) is 12.6. The molecule has 5 heteroatoms. The Balaban J connectivity index is 1.83. The molecule has 0 saturated heterocycles. The van der Waals surface area contributed by atoms with Crippen molar-refractivity contribution in [2.24, 2.45) is 0 Å². The van der Waals surface area contributed by atoms with E-state index in [1.165, 1.54) is 4.90 Å². The number of nitrogens with zero attached hydrogens (tertiary/aromatic N) is 1. The van der Waals surface area contributed by atoms with Crippen molar-refractivity contribution in [1.82, 2.24) is 4.98 Å². The van der Waals surface area contributed by atoms with Gasteiger partial charge < -0.3 is 5.32 Å². The van der Waals surface area contributed by atoms with E-state index in [1.807, 2.05) is 18.2 Å². The zero-order chi connectivity index (χ0) is 15.8. The molecule has 0 radical (unpaired) electrons. The van der Waals surface area contributed by atoms with Crippen LogP contribution < -0.4 is 9.88 Å². The van der Waals surface area contributed by atoms with Crippen LogP contribution in [0.2, 0.25) is 0 Å². The first-order valence-corrected chi connectivity index (χ1v) is 8.69. The molecule has 0 spiro atoms. The average Bonchev–Trinajstić information content (AvgIpc) is 2.89. The number of thioether (sulfide) groups is 1. The standard InChI is InChI=1S/C18H15N3S2/c1-12-17(15-11-23-16-10-6-5-9-14(16)20-15)21(18(22)19-12)13-7-3-2-4-8-13/h2-11,20H,1H3,(H,19,22)/p+1. The summed E-state index contributed by atoms with van der Waals surface area (Å²) < 4.78 is 2.13. The number of aromatic nitrogens is 2. The number of aryl methyl sites for hydroxylation is 1. The fourth-order valence-corrected chi connectivity index (χ4v) is 3.99. The Morgan fingerprint density at radius 3 is 2.57 bits per heavy atom. The minimum absolute atomic E-state index is 0.815. The third-order valence-corrected chi connectivity index (χ3v) is 5.09. The number of fused-ring (bicyclic) bond motifs is 1. The van der Waals surface area contributed by atoms with Gasteiger partial charge in [-0.2, -0.15) is 4.57 Å². The van der Waals surface area contributed by atoms with E-state index in [0.29, 0.717) is 0 Å². The Morgan fingerprint density at radius 1 is 1.00 bits per heavy atom. The lowest BCUT2D eigenvalue weighted by molar-refractivity contribution is -0.637. The van der Waals surface area contributed by atoms with E-state index in [1.54, 1.807) is 11.8 Å². The number of nitrogens with one attached hydrogen (secondary N) is 2. The van der Waals surface area contributed by atoms with Gasteiger partial charge in [0.1, 0.15) is 11.4 Å². The summed E-state index contributed by atoms with van der Waals surface area (Å²) in [6, 6.07) is 18.6. The molecule has 3 aromatic rings. The van der Waals surface area contributed by atoms with Crippen molar-refractivity contribution in [3.63, 3.8) is 0 Å². The van der Waals surface area contributed by atoms with Crippen LogP contribution in [0.3, 0.4) is 0 Å². The predicted molar refractivity (Wildman–Crippen MR) is 98.2 cm³/mol. The number of hydrogen-bond donors (Lipinski definition) is 3. The number of para-hydroxylation sites is 2. The van der Waals surface area contributed by atoms with Gasteiger partial charge in [-0.1, -0.05) is 54.7 Å². The van der Waals surface area contributed by atoms with Crippen molar-refractivity contribution in [3.8, 4) is 5.69 Å². The van der Waals surface area contributed by atoms with Crippen LogP contribution in [0.4, 0.5) is 5.69 Å². The largest absolute Gasteiger partial charge is 0.351 e. The molecule has 1 aliphatic heterocycles. The molecule has 114 valence electrons. The van der Waals surface area contributed by atoms with E-state index in [4.69, 9.17) is 0 Å². The molecule has 1 aliphatic rings. The van der Waals surface area contributed by atoms with E-state index in [-0.39, 0.29) is 0 Å². The number of rotatable bonds is 2. The predicted octanol–water partition coefficient (Wildman–Crippen LogP) is 4.40. The smallest absolute Gasteiger partial charge is 0.318 e. The van der Waals surface area contributed by atoms with Gasteiger partial charge in [-0.25, -0.2) is 4.98 Å². The highest BCUT2D eigenvalue weighted by molar-refractivity contribution is 8.02. The zero-order valence-corrected chi connectivity index (χ0v) is 14.3. The Morgan fingerprint density at radius 2 is 1.74 bits per heavy atom. The van der Waals surface area contributed by atoms with Crippen LogP contribution in [-0.2, 0) is 0 Å². The minimum atomic E-state index is 0.815. The Hall–Kier alpha value is -2.11. The second kappa shape index (κ2) is 5.83. The summed E-state index contributed by atoms with van der Waals surface area (Å²) in [7, 11) is 0. The molecule has 2 aromatic carbocycles. The number of anilines is 1. The molecule has 3 nitrogen and oxygen atoms in total. The van der Waals surface area contributed by atoms with Crippen molar-refractivity contribution in [2.75, 3.05) is 5.32 Å². The Labute approximate surface area is 144 Å². The van der Waals surface area contributed by atoms with Crippen molar-refractivity contribution in [2.45, 2.75) is 17.0 Å². The fraction of sp³-hybridized carbons (Fsp3) is 0.0556. The van der Waals surface area contributed by atoms with Crippen LogP contribution in [0, 0.1) is 6.92 Å². The lowest BCUT2D eigenvalue weighted by atomic mass is 10.2.